The Labute approximate surface area is 151 Å². The van der Waals surface area contributed by atoms with E-state index < -0.39 is 0 Å². The van der Waals surface area contributed by atoms with Crippen molar-refractivity contribution in [2.45, 2.75) is 38.1 Å². The van der Waals surface area contributed by atoms with Gasteiger partial charge in [-0.15, -0.1) is 0 Å². The number of unbranched alkanes of at least 4 members (excludes halogenated alkanes) is 1. The maximum absolute atomic E-state index is 9.00. The second-order valence-corrected chi connectivity index (χ2v) is 7.02. The number of hydrogen-bond acceptors (Lipinski definition) is 5. The number of fused-ring (bicyclic) bond motifs is 1. The minimum Gasteiger partial charge on any atom is -0.495 e. The van der Waals surface area contributed by atoms with E-state index in [0.717, 1.165) is 18.2 Å². The Morgan fingerprint density at radius 2 is 2.12 bits per heavy atom. The lowest BCUT2D eigenvalue weighted by Gasteiger charge is -2.44. The Hall–Kier alpha value is -1.77. The van der Waals surface area contributed by atoms with Gasteiger partial charge in [0.15, 0.2) is 0 Å². The largest absolute Gasteiger partial charge is 0.495 e. The van der Waals surface area contributed by atoms with Gasteiger partial charge in [-0.25, -0.2) is 0 Å². The molecule has 0 saturated carbocycles. The molecule has 5 nitrogen and oxygen atoms in total. The van der Waals surface area contributed by atoms with E-state index in [9.17, 15) is 0 Å². The van der Waals surface area contributed by atoms with Crippen LogP contribution >= 0.6 is 0 Å². The summed E-state index contributed by atoms with van der Waals surface area (Å²) < 4.78 is 11.0. The van der Waals surface area contributed by atoms with E-state index in [-0.39, 0.29) is 0 Å². The molecule has 0 amide bonds. The highest BCUT2D eigenvalue weighted by Crippen LogP contribution is 2.24. The smallest absolute Gasteiger partial charge is 0.140 e. The van der Waals surface area contributed by atoms with Gasteiger partial charge in [0, 0.05) is 31.7 Å². The van der Waals surface area contributed by atoms with Crippen molar-refractivity contribution in [1.29, 1.82) is 5.26 Å². The molecule has 25 heavy (non-hydrogen) atoms. The number of nitriles is 1. The van der Waals surface area contributed by atoms with Crippen molar-refractivity contribution in [3.63, 3.8) is 0 Å². The van der Waals surface area contributed by atoms with E-state index >= 15 is 0 Å². The number of rotatable bonds is 7. The average Bonchev–Trinajstić information content (AvgIpc) is 2.67. The molecule has 0 bridgehead atoms. The first kappa shape index (κ1) is 18.0. The summed E-state index contributed by atoms with van der Waals surface area (Å²) in [5, 5.41) is 9.00. The minimum atomic E-state index is 0.539. The Morgan fingerprint density at radius 3 is 2.96 bits per heavy atom. The molecule has 1 aromatic carbocycles. The molecule has 2 heterocycles. The maximum Gasteiger partial charge on any atom is 0.140 e. The predicted molar refractivity (Wildman–Crippen MR) is 98.1 cm³/mol. The van der Waals surface area contributed by atoms with Crippen LogP contribution in [0, 0.1) is 11.3 Å². The van der Waals surface area contributed by atoms with E-state index in [1.807, 2.05) is 6.07 Å². The molecule has 1 aromatic rings. The van der Waals surface area contributed by atoms with E-state index in [1.165, 1.54) is 58.4 Å². The number of hydrogen-bond donors (Lipinski definition) is 0. The third-order valence-electron chi connectivity index (χ3n) is 5.35. The van der Waals surface area contributed by atoms with Crippen molar-refractivity contribution >= 4 is 0 Å². The molecule has 3 rings (SSSR count). The van der Waals surface area contributed by atoms with Crippen LogP contribution in [-0.4, -0.2) is 62.3 Å². The number of benzene rings is 1. The van der Waals surface area contributed by atoms with Crippen molar-refractivity contribution in [1.82, 2.24) is 9.80 Å². The van der Waals surface area contributed by atoms with Gasteiger partial charge in [-0.05, 0) is 50.9 Å². The predicted octanol–water partition coefficient (Wildman–Crippen LogP) is 2.90. The zero-order valence-corrected chi connectivity index (χ0v) is 15.2. The molecule has 0 spiro atoms. The topological polar surface area (TPSA) is 48.7 Å². The lowest BCUT2D eigenvalue weighted by molar-refractivity contribution is 0.0482. The van der Waals surface area contributed by atoms with E-state index in [4.69, 9.17) is 14.7 Å². The minimum absolute atomic E-state index is 0.539. The molecule has 2 fully saturated rings. The van der Waals surface area contributed by atoms with Gasteiger partial charge in [0.2, 0.25) is 0 Å². The van der Waals surface area contributed by atoms with Crippen LogP contribution in [0.3, 0.4) is 0 Å². The van der Waals surface area contributed by atoms with Crippen LogP contribution in [-0.2, 0) is 0 Å². The lowest BCUT2D eigenvalue weighted by atomic mass is 9.99. The van der Waals surface area contributed by atoms with Crippen molar-refractivity contribution in [3.8, 4) is 17.6 Å². The first-order chi connectivity index (χ1) is 12.3. The first-order valence-corrected chi connectivity index (χ1v) is 9.47. The average molecular weight is 343 g/mol. The Kier molecular flexibility index (Phi) is 6.55. The van der Waals surface area contributed by atoms with Crippen LogP contribution in [0.2, 0.25) is 0 Å². The number of methoxy groups -OCH3 is 1. The normalized spacial score (nSPS) is 21.4. The molecule has 0 radical (unpaired) electrons. The molecule has 5 heteroatoms. The van der Waals surface area contributed by atoms with E-state index in [2.05, 4.69) is 15.9 Å². The van der Waals surface area contributed by atoms with Gasteiger partial charge in [0.1, 0.15) is 17.6 Å². The van der Waals surface area contributed by atoms with Crippen LogP contribution in [0.1, 0.15) is 37.7 Å². The Bertz CT molecular complexity index is 599. The van der Waals surface area contributed by atoms with Crippen molar-refractivity contribution in [2.75, 3.05) is 46.4 Å². The SMILES string of the molecule is COc1cc(OCCCCN2CCN3CCCCC3C2)ccc1C#N. The van der Waals surface area contributed by atoms with Crippen LogP contribution in [0.25, 0.3) is 0 Å². The van der Waals surface area contributed by atoms with Gasteiger partial charge in [0.25, 0.3) is 0 Å². The molecule has 0 N–H and O–H groups in total. The standard InChI is InChI=1S/C20H29N3O2/c1-24-20-14-19(8-7-17(20)15-21)25-13-5-4-9-22-11-12-23-10-3-2-6-18(23)16-22/h7-8,14,18H,2-6,9-13,16H2,1H3. The van der Waals surface area contributed by atoms with Crippen LogP contribution in [0.5, 0.6) is 11.5 Å². The fourth-order valence-electron chi connectivity index (χ4n) is 3.90. The molecular formula is C20H29N3O2. The second-order valence-electron chi connectivity index (χ2n) is 7.02. The zero-order chi connectivity index (χ0) is 17.5. The van der Waals surface area contributed by atoms with Crippen LogP contribution < -0.4 is 9.47 Å². The number of piperidine rings is 1. The Balaban J connectivity index is 1.34. The van der Waals surface area contributed by atoms with Gasteiger partial charge >= 0.3 is 0 Å². The molecule has 2 aliphatic heterocycles. The van der Waals surface area contributed by atoms with Crippen LogP contribution in [0.4, 0.5) is 0 Å². The second kappa shape index (κ2) is 9.07. The molecule has 2 saturated heterocycles. The summed E-state index contributed by atoms with van der Waals surface area (Å²) >= 11 is 0. The summed E-state index contributed by atoms with van der Waals surface area (Å²) in [5.74, 6) is 1.34. The zero-order valence-electron chi connectivity index (χ0n) is 15.2. The highest BCUT2D eigenvalue weighted by molar-refractivity contribution is 5.47. The summed E-state index contributed by atoms with van der Waals surface area (Å²) in [6.45, 7) is 6.88. The number of nitrogens with zero attached hydrogens (tertiary/aromatic N) is 3. The Morgan fingerprint density at radius 1 is 1.20 bits per heavy atom. The molecule has 1 unspecified atom stereocenters. The van der Waals surface area contributed by atoms with Crippen molar-refractivity contribution in [2.24, 2.45) is 0 Å². The molecular weight excluding hydrogens is 314 g/mol. The fourth-order valence-corrected chi connectivity index (χ4v) is 3.90. The van der Waals surface area contributed by atoms with Gasteiger partial charge in [-0.3, -0.25) is 4.90 Å². The lowest BCUT2D eigenvalue weighted by Crippen LogP contribution is -2.54. The molecule has 1 atom stereocenters. The summed E-state index contributed by atoms with van der Waals surface area (Å²) in [6, 6.07) is 8.29. The van der Waals surface area contributed by atoms with Gasteiger partial charge in [0.05, 0.1) is 19.3 Å². The first-order valence-electron chi connectivity index (χ1n) is 9.47. The monoisotopic (exact) mass is 343 g/mol. The quantitative estimate of drug-likeness (QED) is 0.713. The molecule has 0 aliphatic carbocycles. The van der Waals surface area contributed by atoms with Gasteiger partial charge < -0.3 is 14.4 Å². The summed E-state index contributed by atoms with van der Waals surface area (Å²) in [4.78, 5) is 5.30. The summed E-state index contributed by atoms with van der Waals surface area (Å²) in [7, 11) is 1.58. The van der Waals surface area contributed by atoms with Gasteiger partial charge in [-0.1, -0.05) is 6.42 Å². The highest BCUT2D eigenvalue weighted by Gasteiger charge is 2.28. The van der Waals surface area contributed by atoms with Crippen LogP contribution in [0.15, 0.2) is 18.2 Å². The highest BCUT2D eigenvalue weighted by atomic mass is 16.5. The van der Waals surface area contributed by atoms with Crippen molar-refractivity contribution < 1.29 is 9.47 Å². The van der Waals surface area contributed by atoms with Gasteiger partial charge in [-0.2, -0.15) is 5.26 Å². The third kappa shape index (κ3) is 4.87. The number of piperazine rings is 1. The molecule has 0 aromatic heterocycles. The molecule has 136 valence electrons. The van der Waals surface area contributed by atoms with Crippen molar-refractivity contribution in [3.05, 3.63) is 23.8 Å². The fraction of sp³-hybridized carbons (Fsp3) is 0.650. The maximum atomic E-state index is 9.00. The summed E-state index contributed by atoms with van der Waals surface area (Å²) in [5.41, 5.74) is 0.539. The van der Waals surface area contributed by atoms with E-state index in [1.54, 1.807) is 19.2 Å². The summed E-state index contributed by atoms with van der Waals surface area (Å²) in [6.07, 6.45) is 6.37. The third-order valence-corrected chi connectivity index (χ3v) is 5.35. The van der Waals surface area contributed by atoms with E-state index in [0.29, 0.717) is 17.9 Å². The molecule has 2 aliphatic rings. The number of ether oxygens (including phenoxy) is 2.